The fourth-order valence-electron chi connectivity index (χ4n) is 1.69. The molecule has 0 aliphatic carbocycles. The van der Waals surface area contributed by atoms with Gasteiger partial charge in [0.25, 0.3) is 0 Å². The van der Waals surface area contributed by atoms with E-state index in [0.29, 0.717) is 6.54 Å². The first-order chi connectivity index (χ1) is 7.18. The van der Waals surface area contributed by atoms with Gasteiger partial charge in [0.2, 0.25) is 5.91 Å². The van der Waals surface area contributed by atoms with Crippen molar-refractivity contribution in [1.29, 1.82) is 0 Å². The summed E-state index contributed by atoms with van der Waals surface area (Å²) in [4.78, 5) is 13.0. The highest BCUT2D eigenvalue weighted by Gasteiger charge is 2.13. The maximum absolute atomic E-state index is 11.3. The predicted octanol–water partition coefficient (Wildman–Crippen LogP) is 2.53. The van der Waals surface area contributed by atoms with E-state index in [9.17, 15) is 4.79 Å². The third-order valence-electron chi connectivity index (χ3n) is 2.54. The lowest BCUT2D eigenvalue weighted by molar-refractivity contribution is -0.125. The lowest BCUT2D eigenvalue weighted by Crippen LogP contribution is -2.23. The van der Waals surface area contributed by atoms with Crippen molar-refractivity contribution in [3.8, 4) is 0 Å². The van der Waals surface area contributed by atoms with Crippen LogP contribution in [0.25, 0.3) is 11.6 Å². The van der Waals surface area contributed by atoms with E-state index in [2.05, 4.69) is 6.58 Å². The van der Waals surface area contributed by atoms with E-state index < -0.39 is 0 Å². The minimum Gasteiger partial charge on any atom is -0.315 e. The lowest BCUT2D eigenvalue weighted by Gasteiger charge is -2.15. The Morgan fingerprint density at radius 1 is 1.40 bits per heavy atom. The number of fused-ring (bicyclic) bond motifs is 1. The molecular weight excluding hydrogens is 186 g/mol. The fraction of sp³-hybridized carbons (Fsp3) is 0.154. The average molecular weight is 199 g/mol. The normalized spacial score (nSPS) is 14.7. The van der Waals surface area contributed by atoms with Gasteiger partial charge in [0.15, 0.2) is 0 Å². The quantitative estimate of drug-likeness (QED) is 0.628. The topological polar surface area (TPSA) is 20.3 Å². The first-order valence-corrected chi connectivity index (χ1v) is 4.91. The van der Waals surface area contributed by atoms with Crippen molar-refractivity contribution in [2.24, 2.45) is 0 Å². The van der Waals surface area contributed by atoms with Crippen LogP contribution in [0.15, 0.2) is 37.0 Å². The van der Waals surface area contributed by atoms with Crippen LogP contribution in [-0.4, -0.2) is 17.4 Å². The molecule has 1 heterocycles. The molecule has 0 saturated heterocycles. The van der Waals surface area contributed by atoms with Crippen LogP contribution in [0.1, 0.15) is 18.1 Å². The average Bonchev–Trinajstić information content (AvgIpc) is 2.39. The van der Waals surface area contributed by atoms with E-state index in [1.165, 1.54) is 0 Å². The van der Waals surface area contributed by atoms with E-state index in [1.807, 2.05) is 36.5 Å². The lowest BCUT2D eigenvalue weighted by atomic mass is 10.0. The molecule has 1 aromatic rings. The van der Waals surface area contributed by atoms with Crippen molar-refractivity contribution >= 4 is 17.6 Å². The maximum Gasteiger partial charge on any atom is 0.223 e. The minimum atomic E-state index is 0.0419. The molecule has 1 aromatic carbocycles. The second kappa shape index (κ2) is 3.73. The Kier molecular flexibility index (Phi) is 2.42. The minimum absolute atomic E-state index is 0.0419. The molecule has 1 aliphatic heterocycles. The molecule has 0 unspecified atom stereocenters. The van der Waals surface area contributed by atoms with Gasteiger partial charge in [-0.15, -0.1) is 0 Å². The molecule has 0 fully saturated rings. The van der Waals surface area contributed by atoms with Gasteiger partial charge in [-0.25, -0.2) is 0 Å². The molecular formula is C13H13NO. The zero-order chi connectivity index (χ0) is 10.8. The number of carbonyl (C=O) groups excluding carboxylic acids is 1. The van der Waals surface area contributed by atoms with Crippen LogP contribution in [-0.2, 0) is 4.79 Å². The standard InChI is InChI=1S/C13H13NO/c1-10-9-14(11(2)15)8-7-12-5-3-4-6-13(10)12/h3-8H,1,9H2,2H3. The monoisotopic (exact) mass is 199 g/mol. The summed E-state index contributed by atoms with van der Waals surface area (Å²) in [6, 6.07) is 8.04. The Bertz CT molecular complexity index is 446. The van der Waals surface area contributed by atoms with Gasteiger partial charge in [-0.1, -0.05) is 30.8 Å². The third-order valence-corrected chi connectivity index (χ3v) is 2.54. The smallest absolute Gasteiger partial charge is 0.223 e. The van der Waals surface area contributed by atoms with Gasteiger partial charge >= 0.3 is 0 Å². The molecule has 0 saturated carbocycles. The Hall–Kier alpha value is -1.83. The van der Waals surface area contributed by atoms with Crippen LogP contribution in [0.3, 0.4) is 0 Å². The zero-order valence-corrected chi connectivity index (χ0v) is 8.73. The summed E-state index contributed by atoms with van der Waals surface area (Å²) in [5, 5.41) is 0. The summed E-state index contributed by atoms with van der Waals surface area (Å²) in [5.41, 5.74) is 3.22. The van der Waals surface area contributed by atoms with E-state index in [1.54, 1.807) is 11.8 Å². The van der Waals surface area contributed by atoms with E-state index in [-0.39, 0.29) is 5.91 Å². The highest BCUT2D eigenvalue weighted by molar-refractivity contribution is 5.82. The molecule has 0 spiro atoms. The number of carbonyl (C=O) groups is 1. The van der Waals surface area contributed by atoms with E-state index in [4.69, 9.17) is 0 Å². The molecule has 0 radical (unpaired) electrons. The summed E-state index contributed by atoms with van der Waals surface area (Å²) in [7, 11) is 0. The van der Waals surface area contributed by atoms with Crippen LogP contribution in [0.5, 0.6) is 0 Å². The van der Waals surface area contributed by atoms with Crippen molar-refractivity contribution in [3.63, 3.8) is 0 Å². The number of rotatable bonds is 0. The summed E-state index contributed by atoms with van der Waals surface area (Å²) in [6.45, 7) is 6.15. The molecule has 0 bridgehead atoms. The Morgan fingerprint density at radius 2 is 2.13 bits per heavy atom. The van der Waals surface area contributed by atoms with Gasteiger partial charge in [0.05, 0.1) is 6.54 Å². The van der Waals surface area contributed by atoms with Crippen LogP contribution < -0.4 is 0 Å². The Morgan fingerprint density at radius 3 is 2.87 bits per heavy atom. The highest BCUT2D eigenvalue weighted by atomic mass is 16.2. The predicted molar refractivity (Wildman–Crippen MR) is 61.9 cm³/mol. The molecule has 76 valence electrons. The zero-order valence-electron chi connectivity index (χ0n) is 8.73. The summed E-state index contributed by atoms with van der Waals surface area (Å²) >= 11 is 0. The molecule has 2 nitrogen and oxygen atoms in total. The first-order valence-electron chi connectivity index (χ1n) is 4.91. The maximum atomic E-state index is 11.3. The number of nitrogens with zero attached hydrogens (tertiary/aromatic N) is 1. The molecule has 0 N–H and O–H groups in total. The molecule has 2 heteroatoms. The third kappa shape index (κ3) is 1.84. The molecule has 1 aliphatic rings. The Balaban J connectivity index is 2.43. The highest BCUT2D eigenvalue weighted by Crippen LogP contribution is 2.23. The fourth-order valence-corrected chi connectivity index (χ4v) is 1.69. The van der Waals surface area contributed by atoms with Gasteiger partial charge in [-0.2, -0.15) is 0 Å². The summed E-state index contributed by atoms with van der Waals surface area (Å²) in [5.74, 6) is 0.0419. The van der Waals surface area contributed by atoms with Crippen LogP contribution >= 0.6 is 0 Å². The Labute approximate surface area is 89.5 Å². The van der Waals surface area contributed by atoms with Crippen molar-refractivity contribution in [1.82, 2.24) is 4.90 Å². The van der Waals surface area contributed by atoms with Crippen LogP contribution in [0.2, 0.25) is 0 Å². The summed E-state index contributed by atoms with van der Waals surface area (Å²) < 4.78 is 0. The second-order valence-electron chi connectivity index (χ2n) is 3.65. The second-order valence-corrected chi connectivity index (χ2v) is 3.65. The number of benzene rings is 1. The van der Waals surface area contributed by atoms with Crippen molar-refractivity contribution in [3.05, 3.63) is 48.2 Å². The number of hydrogen-bond donors (Lipinski definition) is 0. The van der Waals surface area contributed by atoms with Crippen molar-refractivity contribution in [2.75, 3.05) is 6.54 Å². The molecule has 1 amide bonds. The van der Waals surface area contributed by atoms with Crippen molar-refractivity contribution in [2.45, 2.75) is 6.92 Å². The van der Waals surface area contributed by atoms with Crippen LogP contribution in [0, 0.1) is 0 Å². The SMILES string of the molecule is C=C1CN(C(C)=O)C=Cc2ccccc21. The van der Waals surface area contributed by atoms with Crippen molar-refractivity contribution < 1.29 is 4.79 Å². The van der Waals surface area contributed by atoms with Gasteiger partial charge in [-0.05, 0) is 22.8 Å². The van der Waals surface area contributed by atoms with Gasteiger partial charge in [0, 0.05) is 13.1 Å². The van der Waals surface area contributed by atoms with Gasteiger partial charge in [0.1, 0.15) is 0 Å². The molecule has 0 atom stereocenters. The number of hydrogen-bond acceptors (Lipinski definition) is 1. The number of amides is 1. The summed E-state index contributed by atoms with van der Waals surface area (Å²) in [6.07, 6.45) is 3.77. The molecule has 15 heavy (non-hydrogen) atoms. The van der Waals surface area contributed by atoms with Crippen LogP contribution in [0.4, 0.5) is 0 Å². The molecule has 2 rings (SSSR count). The van der Waals surface area contributed by atoms with E-state index in [0.717, 1.165) is 16.7 Å². The first kappa shape index (κ1) is 9.71. The van der Waals surface area contributed by atoms with Gasteiger partial charge in [-0.3, -0.25) is 4.79 Å². The van der Waals surface area contributed by atoms with Gasteiger partial charge < -0.3 is 4.90 Å². The molecule has 0 aromatic heterocycles. The largest absolute Gasteiger partial charge is 0.315 e. The van der Waals surface area contributed by atoms with E-state index >= 15 is 0 Å².